The van der Waals surface area contributed by atoms with E-state index in [-0.39, 0.29) is 0 Å². The molecule has 0 radical (unpaired) electrons. The summed E-state index contributed by atoms with van der Waals surface area (Å²) in [6.45, 7) is 6.16. The van der Waals surface area contributed by atoms with Crippen LogP contribution < -0.4 is 5.32 Å². The summed E-state index contributed by atoms with van der Waals surface area (Å²) < 4.78 is 5.22. The molecule has 0 fully saturated rings. The molecule has 0 aliphatic carbocycles. The van der Waals surface area contributed by atoms with Crippen LogP contribution in [0.25, 0.3) is 10.9 Å². The van der Waals surface area contributed by atoms with Gasteiger partial charge >= 0.3 is 0 Å². The molecule has 1 N–H and O–H groups in total. The van der Waals surface area contributed by atoms with Crippen LogP contribution in [0.15, 0.2) is 36.5 Å². The maximum Gasteiger partial charge on any atom is 0.0749 e. The highest BCUT2D eigenvalue weighted by Crippen LogP contribution is 2.29. The van der Waals surface area contributed by atoms with Gasteiger partial charge in [-0.2, -0.15) is 0 Å². The summed E-state index contributed by atoms with van der Waals surface area (Å²) in [5.74, 6) is 0.502. The Balaban J connectivity index is 2.35. The van der Waals surface area contributed by atoms with Gasteiger partial charge in [-0.3, -0.25) is 4.98 Å². The number of benzene rings is 1. The van der Waals surface area contributed by atoms with Crippen molar-refractivity contribution in [3.63, 3.8) is 0 Å². The number of para-hydroxylation sites is 1. The molecule has 3 nitrogen and oxygen atoms in total. The number of fused-ring (bicyclic) bond motifs is 1. The Bertz CT molecular complexity index is 536. The molecule has 0 spiro atoms. The molecule has 2 aromatic rings. The zero-order valence-corrected chi connectivity index (χ0v) is 12.6. The summed E-state index contributed by atoms with van der Waals surface area (Å²) in [6.07, 6.45) is 2.91. The first-order valence-corrected chi connectivity index (χ1v) is 7.34. The zero-order valence-electron chi connectivity index (χ0n) is 12.6. The lowest BCUT2D eigenvalue weighted by Gasteiger charge is -2.26. The third-order valence-corrected chi connectivity index (χ3v) is 3.77. The third-order valence-electron chi connectivity index (χ3n) is 3.77. The fourth-order valence-corrected chi connectivity index (χ4v) is 2.69. The zero-order chi connectivity index (χ0) is 14.4. The van der Waals surface area contributed by atoms with E-state index in [0.717, 1.165) is 25.1 Å². The number of hydrogen-bond acceptors (Lipinski definition) is 3. The highest BCUT2D eigenvalue weighted by atomic mass is 16.5. The molecule has 0 aliphatic rings. The molecule has 1 heterocycles. The van der Waals surface area contributed by atoms with Crippen molar-refractivity contribution in [3.8, 4) is 0 Å². The van der Waals surface area contributed by atoms with Gasteiger partial charge in [0.1, 0.15) is 0 Å². The Morgan fingerprint density at radius 2 is 2.05 bits per heavy atom. The minimum Gasteiger partial charge on any atom is -0.385 e. The van der Waals surface area contributed by atoms with E-state index in [4.69, 9.17) is 4.74 Å². The van der Waals surface area contributed by atoms with Crippen LogP contribution in [0.2, 0.25) is 0 Å². The molecule has 1 aromatic carbocycles. The number of ether oxygens (including phenoxy) is 1. The molecule has 20 heavy (non-hydrogen) atoms. The largest absolute Gasteiger partial charge is 0.385 e. The van der Waals surface area contributed by atoms with Crippen LogP contribution in [0.3, 0.4) is 0 Å². The second-order valence-electron chi connectivity index (χ2n) is 5.22. The lowest BCUT2D eigenvalue weighted by atomic mass is 9.90. The van der Waals surface area contributed by atoms with Crippen molar-refractivity contribution in [2.45, 2.75) is 26.3 Å². The molecule has 0 amide bonds. The van der Waals surface area contributed by atoms with E-state index in [2.05, 4.69) is 48.4 Å². The van der Waals surface area contributed by atoms with Gasteiger partial charge in [0.15, 0.2) is 0 Å². The monoisotopic (exact) mass is 272 g/mol. The van der Waals surface area contributed by atoms with Crippen molar-refractivity contribution in [2.24, 2.45) is 5.92 Å². The van der Waals surface area contributed by atoms with Crippen LogP contribution in [0.1, 0.15) is 31.9 Å². The number of aromatic nitrogens is 1. The minimum absolute atomic E-state index is 0.314. The quantitative estimate of drug-likeness (QED) is 0.837. The van der Waals surface area contributed by atoms with Crippen molar-refractivity contribution >= 4 is 10.9 Å². The first-order valence-electron chi connectivity index (χ1n) is 7.34. The summed E-state index contributed by atoms with van der Waals surface area (Å²) in [5.41, 5.74) is 2.39. The summed E-state index contributed by atoms with van der Waals surface area (Å²) in [6, 6.07) is 10.8. The molecule has 0 bridgehead atoms. The average Bonchev–Trinajstić information content (AvgIpc) is 2.50. The predicted octanol–water partition coefficient (Wildman–Crippen LogP) is 3.56. The standard InChI is InChI=1S/C17H24N2O/c1-4-18-16(13(2)10-12-20-3)15-9-5-7-14-8-6-11-19-17(14)15/h5-9,11,13,16,18H,4,10,12H2,1-3H3. The maximum absolute atomic E-state index is 5.22. The number of nitrogens with one attached hydrogen (secondary N) is 1. The molecule has 2 rings (SSSR count). The van der Waals surface area contributed by atoms with Crippen molar-refractivity contribution in [1.29, 1.82) is 0 Å². The molecule has 108 valence electrons. The molecule has 2 unspecified atom stereocenters. The summed E-state index contributed by atoms with van der Waals surface area (Å²) in [5, 5.41) is 4.80. The van der Waals surface area contributed by atoms with Gasteiger partial charge in [-0.15, -0.1) is 0 Å². The van der Waals surface area contributed by atoms with E-state index in [1.807, 2.05) is 12.3 Å². The second kappa shape index (κ2) is 7.36. The van der Waals surface area contributed by atoms with Crippen molar-refractivity contribution in [3.05, 3.63) is 42.1 Å². The Labute approximate surface area is 121 Å². The van der Waals surface area contributed by atoms with Gasteiger partial charge in [-0.25, -0.2) is 0 Å². The summed E-state index contributed by atoms with van der Waals surface area (Å²) in [4.78, 5) is 4.58. The van der Waals surface area contributed by atoms with Gasteiger partial charge in [0.25, 0.3) is 0 Å². The number of rotatable bonds is 7. The molecular weight excluding hydrogens is 248 g/mol. The van der Waals surface area contributed by atoms with E-state index in [0.29, 0.717) is 12.0 Å². The van der Waals surface area contributed by atoms with Crippen molar-refractivity contribution in [2.75, 3.05) is 20.3 Å². The molecule has 3 heteroatoms. The second-order valence-corrected chi connectivity index (χ2v) is 5.22. The Morgan fingerprint density at radius 1 is 1.25 bits per heavy atom. The molecular formula is C17H24N2O. The minimum atomic E-state index is 0.314. The van der Waals surface area contributed by atoms with Crippen molar-refractivity contribution in [1.82, 2.24) is 10.3 Å². The molecule has 0 saturated heterocycles. The fraction of sp³-hybridized carbons (Fsp3) is 0.471. The Kier molecular flexibility index (Phi) is 5.50. The van der Waals surface area contributed by atoms with Crippen LogP contribution in [0, 0.1) is 5.92 Å². The lowest BCUT2D eigenvalue weighted by molar-refractivity contribution is 0.170. The average molecular weight is 272 g/mol. The smallest absolute Gasteiger partial charge is 0.0749 e. The van der Waals surface area contributed by atoms with Gasteiger partial charge in [-0.1, -0.05) is 38.1 Å². The highest BCUT2D eigenvalue weighted by molar-refractivity contribution is 5.82. The number of hydrogen-bond donors (Lipinski definition) is 1. The predicted molar refractivity (Wildman–Crippen MR) is 83.8 cm³/mol. The highest BCUT2D eigenvalue weighted by Gasteiger charge is 2.20. The molecule has 0 aliphatic heterocycles. The Morgan fingerprint density at radius 3 is 2.80 bits per heavy atom. The molecule has 2 atom stereocenters. The van der Waals surface area contributed by atoms with Crippen LogP contribution in [0.4, 0.5) is 0 Å². The van der Waals surface area contributed by atoms with Crippen LogP contribution in [0.5, 0.6) is 0 Å². The van der Waals surface area contributed by atoms with E-state index < -0.39 is 0 Å². The lowest BCUT2D eigenvalue weighted by Crippen LogP contribution is -2.27. The number of nitrogens with zero attached hydrogens (tertiary/aromatic N) is 1. The van der Waals surface area contributed by atoms with Crippen LogP contribution in [-0.2, 0) is 4.74 Å². The van der Waals surface area contributed by atoms with Crippen LogP contribution in [-0.4, -0.2) is 25.2 Å². The van der Waals surface area contributed by atoms with Gasteiger partial charge in [0, 0.05) is 31.3 Å². The summed E-state index contributed by atoms with van der Waals surface area (Å²) in [7, 11) is 1.76. The van der Waals surface area contributed by atoms with Crippen LogP contribution >= 0.6 is 0 Å². The Hall–Kier alpha value is -1.45. The number of pyridine rings is 1. The van der Waals surface area contributed by atoms with E-state index in [1.54, 1.807) is 7.11 Å². The summed E-state index contributed by atoms with van der Waals surface area (Å²) >= 11 is 0. The molecule has 0 saturated carbocycles. The number of methoxy groups -OCH3 is 1. The first-order chi connectivity index (χ1) is 9.77. The van der Waals surface area contributed by atoms with E-state index in [9.17, 15) is 0 Å². The van der Waals surface area contributed by atoms with Gasteiger partial charge in [-0.05, 0) is 30.5 Å². The van der Waals surface area contributed by atoms with E-state index in [1.165, 1.54) is 10.9 Å². The maximum atomic E-state index is 5.22. The fourth-order valence-electron chi connectivity index (χ4n) is 2.69. The topological polar surface area (TPSA) is 34.2 Å². The van der Waals surface area contributed by atoms with Crippen molar-refractivity contribution < 1.29 is 4.74 Å². The van der Waals surface area contributed by atoms with Gasteiger partial charge in [0.2, 0.25) is 0 Å². The third kappa shape index (κ3) is 3.35. The van der Waals surface area contributed by atoms with E-state index >= 15 is 0 Å². The van der Waals surface area contributed by atoms with Gasteiger partial charge < -0.3 is 10.1 Å². The normalized spacial score (nSPS) is 14.3. The first kappa shape index (κ1) is 14.9. The SMILES string of the molecule is CCNC(c1cccc2cccnc12)C(C)CCOC. The van der Waals surface area contributed by atoms with Gasteiger partial charge in [0.05, 0.1) is 5.52 Å². The molecule has 1 aromatic heterocycles.